The Morgan fingerprint density at radius 3 is 2.59 bits per heavy atom. The van der Waals surface area contributed by atoms with Crippen LogP contribution in [-0.4, -0.2) is 46.4 Å². The molecular formula is C20H30N6O. The topological polar surface area (TPSA) is 74.2 Å². The van der Waals surface area contributed by atoms with Gasteiger partial charge in [-0.25, -0.2) is 9.48 Å². The molecule has 2 unspecified atom stereocenters. The Morgan fingerprint density at radius 1 is 1.19 bits per heavy atom. The van der Waals surface area contributed by atoms with Crippen LogP contribution in [0, 0.1) is 5.92 Å². The maximum Gasteiger partial charge on any atom is 0.322 e. The average Bonchev–Trinajstić information content (AvgIpc) is 3.23. The molecule has 1 aliphatic heterocycles. The Labute approximate surface area is 161 Å². The van der Waals surface area contributed by atoms with Gasteiger partial charge in [0, 0.05) is 31.7 Å². The summed E-state index contributed by atoms with van der Waals surface area (Å²) >= 11 is 0. The number of carbonyl (C=O) groups excluding carboxylic acids is 1. The smallest absolute Gasteiger partial charge is 0.322 e. The van der Waals surface area contributed by atoms with Crippen LogP contribution in [-0.2, 0) is 6.54 Å². The second kappa shape index (κ2) is 9.01. The first-order valence-electron chi connectivity index (χ1n) is 9.63. The number of hydrazine groups is 1. The monoisotopic (exact) mass is 370 g/mol. The number of benzene rings is 1. The van der Waals surface area contributed by atoms with E-state index >= 15 is 0 Å². The molecule has 27 heavy (non-hydrogen) atoms. The molecule has 7 nitrogen and oxygen atoms in total. The molecule has 146 valence electrons. The molecule has 2 atom stereocenters. The van der Waals surface area contributed by atoms with Crippen LogP contribution >= 0.6 is 0 Å². The van der Waals surface area contributed by atoms with Crippen molar-refractivity contribution in [1.29, 1.82) is 0 Å². The highest BCUT2D eigenvalue weighted by molar-refractivity contribution is 5.88. The number of aromatic nitrogens is 2. The van der Waals surface area contributed by atoms with Gasteiger partial charge in [-0.15, -0.1) is 0 Å². The molecule has 0 bridgehead atoms. The second-order valence-electron chi connectivity index (χ2n) is 7.38. The summed E-state index contributed by atoms with van der Waals surface area (Å²) in [5, 5.41) is 7.29. The van der Waals surface area contributed by atoms with Gasteiger partial charge in [0.05, 0.1) is 12.7 Å². The molecule has 0 spiro atoms. The van der Waals surface area contributed by atoms with E-state index in [2.05, 4.69) is 35.1 Å². The zero-order valence-electron chi connectivity index (χ0n) is 16.4. The van der Waals surface area contributed by atoms with Crippen molar-refractivity contribution in [2.45, 2.75) is 45.3 Å². The van der Waals surface area contributed by atoms with Crippen LogP contribution in [0.1, 0.15) is 32.3 Å². The summed E-state index contributed by atoms with van der Waals surface area (Å²) in [7, 11) is 1.84. The van der Waals surface area contributed by atoms with Crippen molar-refractivity contribution in [3.63, 3.8) is 0 Å². The Hall–Kier alpha value is -2.38. The minimum absolute atomic E-state index is 0.103. The summed E-state index contributed by atoms with van der Waals surface area (Å²) in [6.45, 7) is 5.76. The van der Waals surface area contributed by atoms with Crippen LogP contribution in [0.4, 0.5) is 10.6 Å². The molecule has 0 saturated carbocycles. The molecule has 0 aliphatic carbocycles. The highest BCUT2D eigenvalue weighted by Gasteiger charge is 2.29. The van der Waals surface area contributed by atoms with Gasteiger partial charge in [-0.3, -0.25) is 16.2 Å². The standard InChI is InChI=1S/C20H30N6O/c1-15-18(16(2)24-23-15)10-7-13-25(3)20(27)22-19-11-12-21-26(19)14-17-8-5-4-6-9-17/h4-6,8-9,11-12,15-16,18,23-24H,7,10,13-14H2,1-3H3,(H,22,27). The fraction of sp³-hybridized carbons (Fsp3) is 0.500. The van der Waals surface area contributed by atoms with Gasteiger partial charge < -0.3 is 4.90 Å². The van der Waals surface area contributed by atoms with Crippen molar-refractivity contribution in [2.75, 3.05) is 18.9 Å². The largest absolute Gasteiger partial charge is 0.328 e. The molecule has 7 heteroatoms. The first-order valence-corrected chi connectivity index (χ1v) is 9.63. The fourth-order valence-corrected chi connectivity index (χ4v) is 3.60. The number of hydrogen-bond acceptors (Lipinski definition) is 4. The minimum atomic E-state index is -0.103. The lowest BCUT2D eigenvalue weighted by atomic mass is 9.92. The van der Waals surface area contributed by atoms with Gasteiger partial charge in [0.2, 0.25) is 0 Å². The van der Waals surface area contributed by atoms with Crippen molar-refractivity contribution in [3.05, 3.63) is 48.2 Å². The number of rotatable bonds is 7. The Balaban J connectivity index is 1.48. The Bertz CT molecular complexity index is 721. The molecule has 2 heterocycles. The van der Waals surface area contributed by atoms with Crippen LogP contribution in [0.15, 0.2) is 42.6 Å². The summed E-state index contributed by atoms with van der Waals surface area (Å²) in [6.07, 6.45) is 3.78. The summed E-state index contributed by atoms with van der Waals surface area (Å²) in [6, 6.07) is 12.7. The predicted octanol–water partition coefficient (Wildman–Crippen LogP) is 2.68. The molecule has 3 rings (SSSR count). The van der Waals surface area contributed by atoms with Gasteiger partial charge in [-0.05, 0) is 38.2 Å². The highest BCUT2D eigenvalue weighted by atomic mass is 16.2. The quantitative estimate of drug-likeness (QED) is 0.701. The van der Waals surface area contributed by atoms with E-state index in [4.69, 9.17) is 0 Å². The van der Waals surface area contributed by atoms with Gasteiger partial charge in [-0.2, -0.15) is 5.10 Å². The van der Waals surface area contributed by atoms with Crippen LogP contribution in [0.5, 0.6) is 0 Å². The van der Waals surface area contributed by atoms with Crippen LogP contribution in [0.2, 0.25) is 0 Å². The van der Waals surface area contributed by atoms with E-state index in [9.17, 15) is 4.79 Å². The van der Waals surface area contributed by atoms with E-state index < -0.39 is 0 Å². The Kier molecular flexibility index (Phi) is 6.47. The number of anilines is 1. The zero-order valence-corrected chi connectivity index (χ0v) is 16.4. The predicted molar refractivity (Wildman–Crippen MR) is 107 cm³/mol. The molecule has 1 aromatic carbocycles. The van der Waals surface area contributed by atoms with Crippen molar-refractivity contribution >= 4 is 11.8 Å². The third-order valence-electron chi connectivity index (χ3n) is 5.33. The number of carbonyl (C=O) groups is 1. The average molecular weight is 371 g/mol. The highest BCUT2D eigenvalue weighted by Crippen LogP contribution is 2.20. The fourth-order valence-electron chi connectivity index (χ4n) is 3.60. The van der Waals surface area contributed by atoms with E-state index in [1.807, 2.05) is 43.4 Å². The van der Waals surface area contributed by atoms with Crippen molar-refractivity contribution in [1.82, 2.24) is 25.5 Å². The molecular weight excluding hydrogens is 340 g/mol. The van der Waals surface area contributed by atoms with E-state index in [1.54, 1.807) is 15.8 Å². The SMILES string of the molecule is CC1NNC(C)C1CCCN(C)C(=O)Nc1ccnn1Cc1ccccc1. The number of urea groups is 1. The molecule has 1 aromatic heterocycles. The summed E-state index contributed by atoms with van der Waals surface area (Å²) in [5.74, 6) is 1.30. The van der Waals surface area contributed by atoms with E-state index in [1.165, 1.54) is 0 Å². The molecule has 0 radical (unpaired) electrons. The maximum absolute atomic E-state index is 12.5. The van der Waals surface area contributed by atoms with E-state index in [0.29, 0.717) is 30.4 Å². The Morgan fingerprint density at radius 2 is 1.89 bits per heavy atom. The summed E-state index contributed by atoms with van der Waals surface area (Å²) in [4.78, 5) is 14.3. The second-order valence-corrected chi connectivity index (χ2v) is 7.38. The summed E-state index contributed by atoms with van der Waals surface area (Å²) in [5.41, 5.74) is 7.71. The normalized spacial score (nSPS) is 22.0. The van der Waals surface area contributed by atoms with Crippen LogP contribution in [0.25, 0.3) is 0 Å². The molecule has 1 fully saturated rings. The third-order valence-corrected chi connectivity index (χ3v) is 5.33. The van der Waals surface area contributed by atoms with Gasteiger partial charge in [0.1, 0.15) is 5.82 Å². The number of hydrogen-bond donors (Lipinski definition) is 3. The molecule has 3 N–H and O–H groups in total. The van der Waals surface area contributed by atoms with Gasteiger partial charge in [0.15, 0.2) is 0 Å². The first kappa shape index (κ1) is 19.4. The third kappa shape index (κ3) is 5.08. The van der Waals surface area contributed by atoms with Gasteiger partial charge >= 0.3 is 6.03 Å². The van der Waals surface area contributed by atoms with Crippen molar-refractivity contribution in [2.24, 2.45) is 5.92 Å². The van der Waals surface area contributed by atoms with E-state index in [0.717, 1.165) is 24.9 Å². The van der Waals surface area contributed by atoms with Crippen LogP contribution < -0.4 is 16.2 Å². The molecule has 1 saturated heterocycles. The van der Waals surface area contributed by atoms with Crippen molar-refractivity contribution in [3.8, 4) is 0 Å². The van der Waals surface area contributed by atoms with Crippen molar-refractivity contribution < 1.29 is 4.79 Å². The minimum Gasteiger partial charge on any atom is -0.328 e. The molecule has 2 aromatic rings. The lowest BCUT2D eigenvalue weighted by Gasteiger charge is -2.21. The number of amides is 2. The zero-order chi connectivity index (χ0) is 19.2. The van der Waals surface area contributed by atoms with Crippen LogP contribution in [0.3, 0.4) is 0 Å². The number of nitrogens with one attached hydrogen (secondary N) is 3. The molecule has 1 aliphatic rings. The first-order chi connectivity index (χ1) is 13.0. The summed E-state index contributed by atoms with van der Waals surface area (Å²) < 4.78 is 1.81. The maximum atomic E-state index is 12.5. The lowest BCUT2D eigenvalue weighted by Crippen LogP contribution is -2.33. The molecule has 2 amide bonds. The van der Waals surface area contributed by atoms with Gasteiger partial charge in [-0.1, -0.05) is 30.3 Å². The van der Waals surface area contributed by atoms with E-state index in [-0.39, 0.29) is 6.03 Å². The van der Waals surface area contributed by atoms with Gasteiger partial charge in [0.25, 0.3) is 0 Å². The number of nitrogens with zero attached hydrogens (tertiary/aromatic N) is 3. The lowest BCUT2D eigenvalue weighted by molar-refractivity contribution is 0.219.